The molecule has 0 spiro atoms. The molecule has 0 amide bonds. The van der Waals surface area contributed by atoms with E-state index in [0.717, 1.165) is 35.0 Å². The molecule has 1 heterocycles. The van der Waals surface area contributed by atoms with Crippen LogP contribution < -0.4 is 5.32 Å². The second-order valence-electron chi connectivity index (χ2n) is 5.23. The molecule has 3 rings (SSSR count). The van der Waals surface area contributed by atoms with E-state index in [1.807, 2.05) is 41.4 Å². The zero-order valence-corrected chi connectivity index (χ0v) is 13.8. The quantitative estimate of drug-likeness (QED) is 0.825. The van der Waals surface area contributed by atoms with Gasteiger partial charge < -0.3 is 5.32 Å². The Bertz CT molecular complexity index is 725. The largest absolute Gasteiger partial charge is 0.331 e. The molecule has 2 aromatic rings. The van der Waals surface area contributed by atoms with Gasteiger partial charge in [0.1, 0.15) is 0 Å². The van der Waals surface area contributed by atoms with Crippen molar-refractivity contribution in [3.05, 3.63) is 64.7 Å². The van der Waals surface area contributed by atoms with Crippen molar-refractivity contribution in [3.8, 4) is 0 Å². The molecule has 0 atom stereocenters. The number of anilines is 1. The Kier molecular flexibility index (Phi) is 4.41. The molecule has 0 aromatic heterocycles. The summed E-state index contributed by atoms with van der Waals surface area (Å²) in [4.78, 5) is 0. The molecular weight excluding hydrogens is 314 g/mol. The number of rotatable bonds is 2. The number of halogens is 1. The minimum absolute atomic E-state index is 0.612. The lowest BCUT2D eigenvalue weighted by atomic mass is 10.1. The van der Waals surface area contributed by atoms with Gasteiger partial charge in [-0.3, -0.25) is 0 Å². The van der Waals surface area contributed by atoms with E-state index in [4.69, 9.17) is 23.8 Å². The summed E-state index contributed by atoms with van der Waals surface area (Å²) in [5, 5.41) is 11.0. The summed E-state index contributed by atoms with van der Waals surface area (Å²) in [6, 6.07) is 15.9. The summed E-state index contributed by atoms with van der Waals surface area (Å²) >= 11 is 11.5. The van der Waals surface area contributed by atoms with Gasteiger partial charge in [-0.15, -0.1) is 0 Å². The topological polar surface area (TPSA) is 27.6 Å². The SMILES string of the molecule is Cc1ccc(NC(=S)N2CCC(c3cccc(Cl)c3)=N2)cc1. The van der Waals surface area contributed by atoms with Crippen molar-refractivity contribution in [2.75, 3.05) is 11.9 Å². The van der Waals surface area contributed by atoms with Crippen molar-refractivity contribution in [2.24, 2.45) is 5.10 Å². The monoisotopic (exact) mass is 329 g/mol. The van der Waals surface area contributed by atoms with E-state index in [1.54, 1.807) is 0 Å². The van der Waals surface area contributed by atoms with E-state index in [0.29, 0.717) is 5.11 Å². The first-order valence-corrected chi connectivity index (χ1v) is 7.89. The second-order valence-corrected chi connectivity index (χ2v) is 6.05. The molecule has 1 aliphatic heterocycles. The van der Waals surface area contributed by atoms with Gasteiger partial charge in [0.2, 0.25) is 0 Å². The van der Waals surface area contributed by atoms with Crippen LogP contribution in [0.3, 0.4) is 0 Å². The first kappa shape index (κ1) is 15.0. The van der Waals surface area contributed by atoms with Gasteiger partial charge in [-0.1, -0.05) is 41.4 Å². The van der Waals surface area contributed by atoms with E-state index < -0.39 is 0 Å². The maximum Gasteiger partial charge on any atom is 0.194 e. The van der Waals surface area contributed by atoms with Crippen molar-refractivity contribution in [3.63, 3.8) is 0 Å². The first-order valence-electron chi connectivity index (χ1n) is 7.10. The predicted octanol–water partition coefficient (Wildman–Crippen LogP) is 4.46. The number of benzene rings is 2. The zero-order valence-electron chi connectivity index (χ0n) is 12.2. The van der Waals surface area contributed by atoms with Gasteiger partial charge in [0.25, 0.3) is 0 Å². The standard InChI is InChI=1S/C17H16ClN3S/c1-12-5-7-15(8-6-12)19-17(22)21-10-9-16(20-21)13-3-2-4-14(18)11-13/h2-8,11H,9-10H2,1H3,(H,19,22). The number of hydrogen-bond acceptors (Lipinski definition) is 2. The lowest BCUT2D eigenvalue weighted by molar-refractivity contribution is 0.499. The second kappa shape index (κ2) is 6.46. The average molecular weight is 330 g/mol. The lowest BCUT2D eigenvalue weighted by Gasteiger charge is -2.16. The van der Waals surface area contributed by atoms with E-state index in [2.05, 4.69) is 29.5 Å². The third kappa shape index (κ3) is 3.46. The number of nitrogens with one attached hydrogen (secondary N) is 1. The van der Waals surface area contributed by atoms with Gasteiger partial charge >= 0.3 is 0 Å². The van der Waals surface area contributed by atoms with Gasteiger partial charge in [-0.2, -0.15) is 5.10 Å². The molecule has 22 heavy (non-hydrogen) atoms. The first-order chi connectivity index (χ1) is 10.6. The molecule has 5 heteroatoms. The zero-order chi connectivity index (χ0) is 15.5. The number of thiocarbonyl (C=S) groups is 1. The van der Waals surface area contributed by atoms with Crippen LogP contribution in [0.5, 0.6) is 0 Å². The molecule has 3 nitrogen and oxygen atoms in total. The fraction of sp³-hybridized carbons (Fsp3) is 0.176. The molecule has 0 unspecified atom stereocenters. The number of hydrogen-bond donors (Lipinski definition) is 1. The normalized spacial score (nSPS) is 13.9. The molecule has 112 valence electrons. The number of nitrogens with zero attached hydrogens (tertiary/aromatic N) is 2. The van der Waals surface area contributed by atoms with Crippen molar-refractivity contribution in [1.29, 1.82) is 0 Å². The summed E-state index contributed by atoms with van der Waals surface area (Å²) in [6.07, 6.45) is 0.857. The maximum atomic E-state index is 6.04. The van der Waals surface area contributed by atoms with E-state index in [-0.39, 0.29) is 0 Å². The van der Waals surface area contributed by atoms with Crippen LogP contribution in [0.15, 0.2) is 53.6 Å². The molecule has 2 aromatic carbocycles. The summed E-state index contributed by atoms with van der Waals surface area (Å²) in [7, 11) is 0. The highest BCUT2D eigenvalue weighted by atomic mass is 35.5. The molecular formula is C17H16ClN3S. The minimum Gasteiger partial charge on any atom is -0.331 e. The van der Waals surface area contributed by atoms with Gasteiger partial charge in [0, 0.05) is 23.7 Å². The van der Waals surface area contributed by atoms with Gasteiger partial charge in [-0.05, 0) is 49.0 Å². The third-order valence-corrected chi connectivity index (χ3v) is 4.04. The highest BCUT2D eigenvalue weighted by molar-refractivity contribution is 7.80. The van der Waals surface area contributed by atoms with E-state index in [9.17, 15) is 0 Å². The Morgan fingerprint density at radius 1 is 1.23 bits per heavy atom. The van der Waals surface area contributed by atoms with Crippen LogP contribution >= 0.6 is 23.8 Å². The molecule has 0 radical (unpaired) electrons. The number of hydrazone groups is 1. The van der Waals surface area contributed by atoms with Crippen LogP contribution in [0.25, 0.3) is 0 Å². The Hall–Kier alpha value is -1.91. The van der Waals surface area contributed by atoms with Crippen molar-refractivity contribution >= 4 is 40.3 Å². The maximum absolute atomic E-state index is 6.04. The Balaban J connectivity index is 1.71. The smallest absolute Gasteiger partial charge is 0.194 e. The summed E-state index contributed by atoms with van der Waals surface area (Å²) in [6.45, 7) is 2.84. The third-order valence-electron chi connectivity index (χ3n) is 3.50. The molecule has 0 saturated carbocycles. The van der Waals surface area contributed by atoms with Crippen LogP contribution in [0, 0.1) is 6.92 Å². The van der Waals surface area contributed by atoms with Crippen LogP contribution in [-0.4, -0.2) is 22.4 Å². The lowest BCUT2D eigenvalue weighted by Crippen LogP contribution is -2.28. The average Bonchev–Trinajstić information content (AvgIpc) is 3.00. The van der Waals surface area contributed by atoms with E-state index in [1.165, 1.54) is 5.56 Å². The fourth-order valence-electron chi connectivity index (χ4n) is 2.30. The minimum atomic E-state index is 0.612. The van der Waals surface area contributed by atoms with Gasteiger partial charge in [0.15, 0.2) is 5.11 Å². The van der Waals surface area contributed by atoms with Crippen LogP contribution in [-0.2, 0) is 0 Å². The highest BCUT2D eigenvalue weighted by Crippen LogP contribution is 2.18. The highest BCUT2D eigenvalue weighted by Gasteiger charge is 2.19. The Labute approximate surface area is 140 Å². The van der Waals surface area contributed by atoms with Crippen LogP contribution in [0.2, 0.25) is 5.02 Å². The van der Waals surface area contributed by atoms with Crippen molar-refractivity contribution in [1.82, 2.24) is 5.01 Å². The van der Waals surface area contributed by atoms with Crippen molar-refractivity contribution in [2.45, 2.75) is 13.3 Å². The summed E-state index contributed by atoms with van der Waals surface area (Å²) < 4.78 is 0. The molecule has 0 fully saturated rings. The van der Waals surface area contributed by atoms with Gasteiger partial charge in [0.05, 0.1) is 5.71 Å². The summed E-state index contributed by atoms with van der Waals surface area (Å²) in [5.41, 5.74) is 4.25. The number of aryl methyl sites for hydroxylation is 1. The molecule has 0 aliphatic carbocycles. The van der Waals surface area contributed by atoms with Crippen molar-refractivity contribution < 1.29 is 0 Å². The molecule has 1 aliphatic rings. The van der Waals surface area contributed by atoms with Gasteiger partial charge in [-0.25, -0.2) is 5.01 Å². The van der Waals surface area contributed by atoms with Crippen LogP contribution in [0.4, 0.5) is 5.69 Å². The summed E-state index contributed by atoms with van der Waals surface area (Å²) in [5.74, 6) is 0. The van der Waals surface area contributed by atoms with E-state index >= 15 is 0 Å². The molecule has 0 saturated heterocycles. The molecule has 0 bridgehead atoms. The van der Waals surface area contributed by atoms with Crippen LogP contribution in [0.1, 0.15) is 17.5 Å². The molecule has 1 N–H and O–H groups in total. The Morgan fingerprint density at radius 3 is 2.73 bits per heavy atom. The predicted molar refractivity (Wildman–Crippen MR) is 96.7 cm³/mol. The Morgan fingerprint density at radius 2 is 2.00 bits per heavy atom. The fourth-order valence-corrected chi connectivity index (χ4v) is 2.74.